The van der Waals surface area contributed by atoms with Gasteiger partial charge in [-0.15, -0.1) is 0 Å². The number of nitrogens with one attached hydrogen (secondary N) is 1. The van der Waals surface area contributed by atoms with Crippen molar-refractivity contribution in [3.05, 3.63) is 53.6 Å². The summed E-state index contributed by atoms with van der Waals surface area (Å²) in [6, 6.07) is 14.2. The highest BCUT2D eigenvalue weighted by molar-refractivity contribution is 7.90. The molecule has 0 spiro atoms. The number of fused-ring (bicyclic) bond motifs is 5. The van der Waals surface area contributed by atoms with Crippen LogP contribution in [0.5, 0.6) is 5.75 Å². The van der Waals surface area contributed by atoms with E-state index in [1.54, 1.807) is 18.7 Å². The molecule has 1 saturated heterocycles. The number of benzene rings is 2. The normalized spacial score (nSPS) is 18.4. The Morgan fingerprint density at radius 3 is 2.42 bits per heavy atom. The predicted octanol–water partition coefficient (Wildman–Crippen LogP) is 5.54. The van der Waals surface area contributed by atoms with Crippen LogP contribution in [0.2, 0.25) is 0 Å². The lowest BCUT2D eigenvalue weighted by Gasteiger charge is -2.37. The highest BCUT2D eigenvalue weighted by Gasteiger charge is 2.36. The maximum atomic E-state index is 13.7. The third kappa shape index (κ3) is 6.06. The maximum absolute atomic E-state index is 13.7. The van der Waals surface area contributed by atoms with E-state index in [4.69, 9.17) is 4.74 Å². The van der Waals surface area contributed by atoms with Gasteiger partial charge in [-0.05, 0) is 81.2 Å². The molecule has 6 rings (SSSR count). The Bertz CT molecular complexity index is 1640. The van der Waals surface area contributed by atoms with Gasteiger partial charge >= 0.3 is 0 Å². The fraction of sp³-hybridized carbons (Fsp3) is 0.529. The van der Waals surface area contributed by atoms with Crippen molar-refractivity contribution in [3.8, 4) is 17.0 Å². The highest BCUT2D eigenvalue weighted by atomic mass is 32.2. The van der Waals surface area contributed by atoms with Crippen molar-refractivity contribution < 1.29 is 22.7 Å². The van der Waals surface area contributed by atoms with Crippen molar-refractivity contribution in [2.75, 3.05) is 31.7 Å². The first kappa shape index (κ1) is 29.7. The van der Waals surface area contributed by atoms with E-state index in [9.17, 15) is 18.0 Å². The second-order valence-electron chi connectivity index (χ2n) is 13.2. The van der Waals surface area contributed by atoms with Gasteiger partial charge in [-0.2, -0.15) is 0 Å². The number of likely N-dealkylation sites (tertiary alicyclic amines) is 1. The molecule has 230 valence electrons. The third-order valence-corrected chi connectivity index (χ3v) is 10.6. The summed E-state index contributed by atoms with van der Waals surface area (Å²) >= 11 is 0. The van der Waals surface area contributed by atoms with Crippen LogP contribution in [0.1, 0.15) is 80.6 Å². The van der Waals surface area contributed by atoms with Crippen LogP contribution in [0, 0.1) is 5.92 Å². The Morgan fingerprint density at radius 2 is 1.70 bits per heavy atom. The minimum absolute atomic E-state index is 0.0662. The van der Waals surface area contributed by atoms with E-state index in [2.05, 4.69) is 28.1 Å². The van der Waals surface area contributed by atoms with E-state index in [0.717, 1.165) is 16.8 Å². The summed E-state index contributed by atoms with van der Waals surface area (Å²) < 4.78 is 31.9. The van der Waals surface area contributed by atoms with Crippen LogP contribution in [-0.4, -0.2) is 66.9 Å². The first-order valence-corrected chi connectivity index (χ1v) is 17.8. The van der Waals surface area contributed by atoms with Gasteiger partial charge in [-0.1, -0.05) is 37.5 Å². The summed E-state index contributed by atoms with van der Waals surface area (Å²) in [6.45, 7) is 5.72. The van der Waals surface area contributed by atoms with E-state index < -0.39 is 15.4 Å². The Morgan fingerprint density at radius 1 is 0.977 bits per heavy atom. The highest BCUT2D eigenvalue weighted by Crippen LogP contribution is 2.47. The second kappa shape index (κ2) is 11.6. The lowest BCUT2D eigenvalue weighted by Crippen LogP contribution is -2.57. The number of nitrogens with zero attached hydrogens (tertiary/aromatic N) is 2. The first-order chi connectivity index (χ1) is 20.5. The summed E-state index contributed by atoms with van der Waals surface area (Å²) in [5.41, 5.74) is 4.13. The molecule has 43 heavy (non-hydrogen) atoms. The number of piperidine rings is 1. The van der Waals surface area contributed by atoms with Gasteiger partial charge in [0.05, 0.1) is 18.0 Å². The Balaban J connectivity index is 1.28. The topological polar surface area (TPSA) is 97.7 Å². The number of sulfone groups is 1. The Labute approximate surface area is 254 Å². The molecule has 9 heteroatoms. The predicted molar refractivity (Wildman–Crippen MR) is 169 cm³/mol. The Kier molecular flexibility index (Phi) is 8.05. The molecule has 8 nitrogen and oxygen atoms in total. The molecular weight excluding hydrogens is 562 g/mol. The molecular formula is C34H43N3O5S. The minimum atomic E-state index is -3.05. The summed E-state index contributed by atoms with van der Waals surface area (Å²) in [5, 5.41) is 4.20. The number of aromatic nitrogens is 1. The lowest BCUT2D eigenvalue weighted by molar-refractivity contribution is -0.138. The van der Waals surface area contributed by atoms with Gasteiger partial charge in [0.25, 0.3) is 5.91 Å². The zero-order valence-corrected chi connectivity index (χ0v) is 26.3. The van der Waals surface area contributed by atoms with Crippen LogP contribution < -0.4 is 10.1 Å². The van der Waals surface area contributed by atoms with Gasteiger partial charge in [-0.25, -0.2) is 8.42 Å². The second-order valence-corrected chi connectivity index (χ2v) is 15.4. The molecule has 2 fully saturated rings. The van der Waals surface area contributed by atoms with Crippen molar-refractivity contribution >= 4 is 32.6 Å². The molecule has 0 unspecified atom stereocenters. The quantitative estimate of drug-likeness (QED) is 0.398. The fourth-order valence-electron chi connectivity index (χ4n) is 7.42. The molecule has 1 aliphatic carbocycles. The van der Waals surface area contributed by atoms with Crippen molar-refractivity contribution in [2.45, 2.75) is 76.8 Å². The van der Waals surface area contributed by atoms with E-state index in [1.807, 2.05) is 24.3 Å². The molecule has 0 bridgehead atoms. The number of hydrogen-bond acceptors (Lipinski definition) is 5. The van der Waals surface area contributed by atoms with Gasteiger partial charge in [0, 0.05) is 41.4 Å². The van der Waals surface area contributed by atoms with Crippen molar-refractivity contribution in [1.29, 1.82) is 0 Å². The number of carbonyl (C=O) groups excluding carboxylic acids is 2. The average Bonchev–Trinajstić information content (AvgIpc) is 3.17. The molecule has 1 aromatic heterocycles. The average molecular weight is 606 g/mol. The van der Waals surface area contributed by atoms with Gasteiger partial charge in [-0.3, -0.25) is 9.59 Å². The van der Waals surface area contributed by atoms with Crippen LogP contribution >= 0.6 is 0 Å². The van der Waals surface area contributed by atoms with Crippen LogP contribution in [0.15, 0.2) is 42.5 Å². The molecule has 1 saturated carbocycles. The van der Waals surface area contributed by atoms with E-state index in [-0.39, 0.29) is 23.5 Å². The van der Waals surface area contributed by atoms with Crippen LogP contribution in [0.4, 0.5) is 0 Å². The van der Waals surface area contributed by atoms with Gasteiger partial charge in [0.2, 0.25) is 5.91 Å². The molecule has 0 atom stereocenters. The summed E-state index contributed by atoms with van der Waals surface area (Å²) in [6.07, 6.45) is 8.63. The molecule has 2 aromatic carbocycles. The van der Waals surface area contributed by atoms with Crippen LogP contribution in [-0.2, 0) is 21.2 Å². The van der Waals surface area contributed by atoms with Crippen molar-refractivity contribution in [2.24, 2.45) is 5.92 Å². The smallest absolute Gasteiger partial charge is 0.252 e. The molecule has 3 heterocycles. The molecule has 2 amide bonds. The van der Waals surface area contributed by atoms with Gasteiger partial charge in [0.1, 0.15) is 27.7 Å². The summed E-state index contributed by atoms with van der Waals surface area (Å²) in [7, 11) is -3.05. The number of para-hydroxylation sites is 1. The number of ether oxygens (including phenoxy) is 1. The van der Waals surface area contributed by atoms with Crippen LogP contribution in [0.3, 0.4) is 0 Å². The zero-order valence-electron chi connectivity index (χ0n) is 25.5. The summed E-state index contributed by atoms with van der Waals surface area (Å²) in [4.78, 5) is 28.9. The van der Waals surface area contributed by atoms with Crippen molar-refractivity contribution in [1.82, 2.24) is 14.8 Å². The SMILES string of the molecule is CC(C)(NC(=O)c1ccc2c(C3CCCCC3)c3n(c2c1)CCOc1ccccc1-3)C(=O)N1CCC(CS(C)(=O)=O)CC1. The minimum Gasteiger partial charge on any atom is -0.491 e. The van der Waals surface area contributed by atoms with Gasteiger partial charge < -0.3 is 19.5 Å². The first-order valence-electron chi connectivity index (χ1n) is 15.7. The fourth-order valence-corrected chi connectivity index (χ4v) is 8.60. The van der Waals surface area contributed by atoms with E-state index >= 15 is 0 Å². The van der Waals surface area contributed by atoms with Gasteiger partial charge in [0.15, 0.2) is 0 Å². The van der Waals surface area contributed by atoms with Crippen LogP contribution in [0.25, 0.3) is 22.2 Å². The number of carbonyl (C=O) groups is 2. The number of hydrogen-bond donors (Lipinski definition) is 1. The third-order valence-electron chi connectivity index (χ3n) is 9.49. The molecule has 3 aliphatic rings. The Hall–Kier alpha value is -3.33. The van der Waals surface area contributed by atoms with E-state index in [1.165, 1.54) is 55.0 Å². The standard InChI is InChI=1S/C34H43N3O5S/c1-34(2,33(39)36-17-15-23(16-18-36)22-43(3,40)41)35-32(38)25-13-14-26-28(21-25)37-19-20-42-29-12-8-7-11-27(29)31(37)30(26)24-9-5-4-6-10-24/h7-8,11-14,21,23-24H,4-6,9-10,15-20,22H2,1-3H3,(H,35,38). The lowest BCUT2D eigenvalue weighted by atomic mass is 9.81. The van der Waals surface area contributed by atoms with Crippen molar-refractivity contribution in [3.63, 3.8) is 0 Å². The molecule has 0 radical (unpaired) electrons. The zero-order chi connectivity index (χ0) is 30.4. The number of rotatable bonds is 6. The largest absolute Gasteiger partial charge is 0.491 e. The summed E-state index contributed by atoms with van der Waals surface area (Å²) in [5.74, 6) is 1.16. The molecule has 3 aromatic rings. The van der Waals surface area contributed by atoms with E-state index in [0.29, 0.717) is 50.6 Å². The monoisotopic (exact) mass is 605 g/mol. The maximum Gasteiger partial charge on any atom is 0.252 e. The molecule has 2 aliphatic heterocycles. The molecule has 1 N–H and O–H groups in total. The number of amides is 2.